The summed E-state index contributed by atoms with van der Waals surface area (Å²) < 4.78 is 60.6. The van der Waals surface area contributed by atoms with Crippen molar-refractivity contribution in [3.63, 3.8) is 0 Å². The predicted molar refractivity (Wildman–Crippen MR) is 376 cm³/mol. The molecule has 9 rings (SSSR count). The van der Waals surface area contributed by atoms with Crippen molar-refractivity contribution in [2.75, 3.05) is 26.4 Å². The first-order valence-corrected chi connectivity index (χ1v) is 49.6. The van der Waals surface area contributed by atoms with Crippen LogP contribution in [0.1, 0.15) is 25.7 Å². The molecule has 8 aromatic carbocycles. The Kier molecular flexibility index (Phi) is 22.5. The number of benzene rings is 8. The second-order valence-electron chi connectivity index (χ2n) is 23.6. The van der Waals surface area contributed by atoms with Crippen LogP contribution in [0.2, 0.25) is 63.5 Å². The minimum Gasteiger partial charge on any atom is -0.416 e. The fraction of sp³-hybridized carbons (Fsp3) is 0.257. The summed E-state index contributed by atoms with van der Waals surface area (Å²) in [6, 6.07) is 88.3. The van der Waals surface area contributed by atoms with Crippen LogP contribution >= 0.6 is 0 Å². The summed E-state index contributed by atoms with van der Waals surface area (Å²) in [7, 11) is -23.4. The maximum atomic E-state index is 7.91. The van der Waals surface area contributed by atoms with E-state index in [2.05, 4.69) is 306 Å². The zero-order chi connectivity index (χ0) is 60.5. The lowest BCUT2D eigenvalue weighted by molar-refractivity contribution is 0.211. The molecule has 0 unspecified atom stereocenters. The third-order valence-electron chi connectivity index (χ3n) is 17.0. The van der Waals surface area contributed by atoms with Gasteiger partial charge in [0.2, 0.25) is 0 Å². The molecule has 448 valence electrons. The van der Waals surface area contributed by atoms with E-state index in [1.165, 1.54) is 41.5 Å². The van der Waals surface area contributed by atoms with Crippen LogP contribution in [0.4, 0.5) is 0 Å². The van der Waals surface area contributed by atoms with E-state index in [4.69, 9.17) is 34.2 Å². The highest BCUT2D eigenvalue weighted by Gasteiger charge is 2.57. The molecule has 0 amide bonds. The molecule has 0 atom stereocenters. The topological polar surface area (TPSA) is 73.8 Å². The lowest BCUT2D eigenvalue weighted by Crippen LogP contribution is -2.67. The van der Waals surface area contributed by atoms with Crippen molar-refractivity contribution in [1.29, 1.82) is 0 Å². The van der Waals surface area contributed by atoms with Gasteiger partial charge in [0.15, 0.2) is 0 Å². The van der Waals surface area contributed by atoms with E-state index in [-0.39, 0.29) is 0 Å². The average molecular weight is 1280 g/mol. The highest BCUT2D eigenvalue weighted by Crippen LogP contribution is 2.39. The Balaban J connectivity index is 1.02. The Morgan fingerprint density at radius 1 is 0.291 bits per heavy atom. The highest BCUT2D eigenvalue weighted by atomic mass is 28.5. The molecule has 0 N–H and O–H groups in total. The van der Waals surface area contributed by atoms with Crippen LogP contribution in [0.25, 0.3) is 0 Å². The minimum atomic E-state index is -3.15. The van der Waals surface area contributed by atoms with Gasteiger partial charge in [-0.1, -0.05) is 254 Å². The van der Waals surface area contributed by atoms with Crippen molar-refractivity contribution in [3.8, 4) is 0 Å². The molecule has 1 heterocycles. The fourth-order valence-electron chi connectivity index (χ4n) is 12.6. The Morgan fingerprint density at radius 3 is 0.651 bits per heavy atom. The third-order valence-corrected chi connectivity index (χ3v) is 50.4. The molecule has 0 aromatic heterocycles. The van der Waals surface area contributed by atoms with Crippen LogP contribution in [-0.2, 0) is 34.2 Å². The van der Waals surface area contributed by atoms with Crippen LogP contribution in [0, 0.1) is 0 Å². The van der Waals surface area contributed by atoms with Crippen LogP contribution < -0.4 is 41.5 Å². The van der Waals surface area contributed by atoms with Crippen LogP contribution in [0.3, 0.4) is 0 Å². The number of hydrogen-bond acceptors (Lipinski definition) is 8. The molecule has 1 saturated heterocycles. The molecule has 86 heavy (non-hydrogen) atoms. The van der Waals surface area contributed by atoms with Gasteiger partial charge >= 0.3 is 34.2 Å². The molecule has 0 bridgehead atoms. The van der Waals surface area contributed by atoms with E-state index in [9.17, 15) is 0 Å². The maximum Gasteiger partial charge on any atom is 0.317 e. The summed E-state index contributed by atoms with van der Waals surface area (Å²) in [6.07, 6.45) is 2.97. The van der Waals surface area contributed by atoms with Gasteiger partial charge in [-0.3, -0.25) is 0 Å². The fourth-order valence-corrected chi connectivity index (χ4v) is 47.7. The van der Waals surface area contributed by atoms with Crippen LogP contribution in [-0.4, -0.2) is 93.9 Å². The average Bonchev–Trinajstić information content (AvgIpc) is 1.37. The summed E-state index contributed by atoms with van der Waals surface area (Å²) in [6.45, 7) is 24.7. The van der Waals surface area contributed by atoms with Gasteiger partial charge in [-0.05, 0) is 131 Å². The predicted octanol–water partition coefficient (Wildman–Crippen LogP) is 11.7. The zero-order valence-corrected chi connectivity index (χ0v) is 59.4. The van der Waals surface area contributed by atoms with E-state index >= 15 is 0 Å². The molecule has 0 saturated carbocycles. The van der Waals surface area contributed by atoms with Crippen molar-refractivity contribution in [2.45, 2.75) is 89.1 Å². The monoisotopic (exact) mass is 1280 g/mol. The summed E-state index contributed by atoms with van der Waals surface area (Å²) in [5, 5.41) is 9.63. The van der Waals surface area contributed by atoms with E-state index < -0.39 is 67.5 Å². The molecular weight excluding hydrogens is 1190 g/mol. The maximum absolute atomic E-state index is 7.91. The van der Waals surface area contributed by atoms with Crippen molar-refractivity contribution in [2.24, 2.45) is 0 Å². The van der Waals surface area contributed by atoms with Crippen molar-refractivity contribution in [1.82, 2.24) is 0 Å². The van der Waals surface area contributed by atoms with Crippen molar-refractivity contribution in [3.05, 3.63) is 267 Å². The Labute approximate surface area is 522 Å². The summed E-state index contributed by atoms with van der Waals surface area (Å²) in [4.78, 5) is 0. The van der Waals surface area contributed by atoms with Gasteiger partial charge in [-0.2, -0.15) is 0 Å². The molecule has 1 fully saturated rings. The Bertz CT molecular complexity index is 2930. The first-order valence-electron chi connectivity index (χ1n) is 30.7. The normalized spacial score (nSPS) is 20.3. The lowest BCUT2D eigenvalue weighted by atomic mass is 10.4. The summed E-state index contributed by atoms with van der Waals surface area (Å²) in [5.41, 5.74) is 4.15. The SMILES string of the molecule is C=C[Si](OCCC[Si]1(C)O[Si](C)(CCCO[Si](C)(c2ccccc2)c2ccccc2)O[Si](C)(CCCO[Si](C=C)(c2ccccc2)c2ccccc2)O[Si](C)(CCCO[Si](C)(c2ccccc2)c2ccccc2)O1)(c1ccccc1)c1ccccc1. The molecule has 0 radical (unpaired) electrons. The Morgan fingerprint density at radius 2 is 0.465 bits per heavy atom. The lowest BCUT2D eigenvalue weighted by Gasteiger charge is -2.50. The van der Waals surface area contributed by atoms with Gasteiger partial charge in [-0.15, -0.1) is 13.2 Å². The molecular formula is C70H88O8Si8. The van der Waals surface area contributed by atoms with E-state index in [1.807, 2.05) is 0 Å². The van der Waals surface area contributed by atoms with Gasteiger partial charge in [0, 0.05) is 26.4 Å². The van der Waals surface area contributed by atoms with Crippen LogP contribution in [0.15, 0.2) is 267 Å². The standard InChI is InChI=1S/C70H88O8Si8/c1-9-85(67-47-27-15-28-48-67,68-49-29-16-30-50-68)73-57-37-61-81(5)75-79(3,59-35-55-71-83(7,63-39-19-11-20-40-63)64-41-21-12-22-42-64)77-82(6,62-38-58-74-86(10-2,69-51-31-17-32-52-69)70-53-33-18-34-54-70)78-80(4,76-81)60-36-56-72-84(8,65-43-23-13-24-44-65)66-45-25-14-26-46-66/h9-34,39-54H,1-2,35-38,55-62H2,3-8H3. The van der Waals surface area contributed by atoms with Gasteiger partial charge in [0.1, 0.15) is 0 Å². The molecule has 0 spiro atoms. The summed E-state index contributed by atoms with van der Waals surface area (Å²) >= 11 is 0. The van der Waals surface area contributed by atoms with Gasteiger partial charge < -0.3 is 34.2 Å². The summed E-state index contributed by atoms with van der Waals surface area (Å²) in [5.74, 6) is 0. The first-order chi connectivity index (χ1) is 41.6. The molecule has 8 aromatic rings. The largest absolute Gasteiger partial charge is 0.416 e. The van der Waals surface area contributed by atoms with Crippen LogP contribution in [0.5, 0.6) is 0 Å². The third kappa shape index (κ3) is 15.9. The second kappa shape index (κ2) is 29.8. The zero-order valence-electron chi connectivity index (χ0n) is 51.4. The quantitative estimate of drug-likeness (QED) is 0.0326. The number of hydrogen-bond donors (Lipinski definition) is 0. The molecule has 16 heteroatoms. The first kappa shape index (κ1) is 65.1. The van der Waals surface area contributed by atoms with Gasteiger partial charge in [0.05, 0.1) is 0 Å². The van der Waals surface area contributed by atoms with Gasteiger partial charge in [-0.25, -0.2) is 0 Å². The smallest absolute Gasteiger partial charge is 0.317 e. The van der Waals surface area contributed by atoms with E-state index in [0.717, 1.165) is 25.7 Å². The van der Waals surface area contributed by atoms with Gasteiger partial charge in [0.25, 0.3) is 33.3 Å². The van der Waals surface area contributed by atoms with Crippen molar-refractivity contribution < 1.29 is 34.2 Å². The second-order valence-corrected chi connectivity index (χ2v) is 51.6. The number of rotatable bonds is 30. The van der Waals surface area contributed by atoms with E-state index in [1.54, 1.807) is 0 Å². The highest BCUT2D eigenvalue weighted by molar-refractivity contribution is 7.02. The molecule has 0 aliphatic carbocycles. The van der Waals surface area contributed by atoms with E-state index in [0.29, 0.717) is 50.6 Å². The molecule has 8 nitrogen and oxygen atoms in total. The minimum absolute atomic E-state index is 0.510. The molecule has 1 aliphatic rings. The van der Waals surface area contributed by atoms with Crippen molar-refractivity contribution >= 4 is 109 Å². The Hall–Kier alpha value is -5.34. The molecule has 1 aliphatic heterocycles.